The van der Waals surface area contributed by atoms with E-state index in [0.717, 1.165) is 10.5 Å². The Bertz CT molecular complexity index is 1240. The number of amides is 4. The van der Waals surface area contributed by atoms with E-state index in [-0.39, 0.29) is 23.2 Å². The number of nitrogens with zero attached hydrogens (tertiary/aromatic N) is 1. The summed E-state index contributed by atoms with van der Waals surface area (Å²) >= 11 is 6.30. The van der Waals surface area contributed by atoms with Crippen molar-refractivity contribution in [2.24, 2.45) is 0 Å². The van der Waals surface area contributed by atoms with E-state index in [9.17, 15) is 14.4 Å². The van der Waals surface area contributed by atoms with Crippen LogP contribution in [0, 0.1) is 6.92 Å². The molecule has 1 aliphatic heterocycles. The Morgan fingerprint density at radius 3 is 2.48 bits per heavy atom. The van der Waals surface area contributed by atoms with Gasteiger partial charge in [0, 0.05) is 5.69 Å². The van der Waals surface area contributed by atoms with E-state index in [1.165, 1.54) is 6.08 Å². The van der Waals surface area contributed by atoms with Crippen molar-refractivity contribution in [3.05, 3.63) is 94.6 Å². The molecule has 4 rings (SSSR count). The van der Waals surface area contributed by atoms with Gasteiger partial charge >= 0.3 is 6.03 Å². The fraction of sp³-hybridized carbons (Fsp3) is 0.0800. The summed E-state index contributed by atoms with van der Waals surface area (Å²) in [6.07, 6.45) is 1.53. The van der Waals surface area contributed by atoms with E-state index >= 15 is 0 Å². The Hall–Kier alpha value is -4.10. The van der Waals surface area contributed by atoms with Gasteiger partial charge in [-0.15, -0.1) is 0 Å². The second kappa shape index (κ2) is 9.58. The second-order valence-electron chi connectivity index (χ2n) is 7.36. The van der Waals surface area contributed by atoms with Gasteiger partial charge in [0.25, 0.3) is 11.8 Å². The first-order valence-electron chi connectivity index (χ1n) is 10.1. The Morgan fingerprint density at radius 1 is 1.06 bits per heavy atom. The molecule has 0 saturated carbocycles. The molecule has 0 aromatic heterocycles. The molecule has 4 amide bonds. The first kappa shape index (κ1) is 22.1. The van der Waals surface area contributed by atoms with Crippen molar-refractivity contribution in [1.29, 1.82) is 0 Å². The van der Waals surface area contributed by atoms with Gasteiger partial charge in [-0.25, -0.2) is 9.69 Å². The van der Waals surface area contributed by atoms with Crippen LogP contribution in [0.2, 0.25) is 5.02 Å². The summed E-state index contributed by atoms with van der Waals surface area (Å²) in [7, 11) is 0. The number of halogens is 1. The molecule has 3 aromatic rings. The number of rotatable bonds is 6. The number of aryl methyl sites for hydroxylation is 1. The number of anilines is 2. The minimum atomic E-state index is -0.525. The summed E-state index contributed by atoms with van der Waals surface area (Å²) < 4.78 is 5.52. The topological polar surface area (TPSA) is 87.7 Å². The van der Waals surface area contributed by atoms with E-state index in [1.807, 2.05) is 31.2 Å². The lowest BCUT2D eigenvalue weighted by molar-refractivity contribution is -0.118. The highest BCUT2D eigenvalue weighted by molar-refractivity contribution is 6.32. The van der Waals surface area contributed by atoms with Crippen LogP contribution in [0.25, 0.3) is 6.08 Å². The molecule has 0 aliphatic carbocycles. The molecule has 1 aliphatic rings. The number of ether oxygens (including phenoxy) is 1. The predicted molar refractivity (Wildman–Crippen MR) is 127 cm³/mol. The van der Waals surface area contributed by atoms with Crippen molar-refractivity contribution in [1.82, 2.24) is 5.32 Å². The van der Waals surface area contributed by atoms with Gasteiger partial charge in [0.15, 0.2) is 6.61 Å². The minimum absolute atomic E-state index is 0.131. The highest BCUT2D eigenvalue weighted by Gasteiger charge is 2.34. The number of nitrogens with one attached hydrogen (secondary N) is 2. The normalized spacial score (nSPS) is 14.4. The van der Waals surface area contributed by atoms with E-state index in [4.69, 9.17) is 16.3 Å². The lowest BCUT2D eigenvalue weighted by atomic mass is 10.2. The third-order valence-electron chi connectivity index (χ3n) is 4.85. The maximum Gasteiger partial charge on any atom is 0.333 e. The van der Waals surface area contributed by atoms with Crippen LogP contribution in [0.5, 0.6) is 5.75 Å². The lowest BCUT2D eigenvalue weighted by Crippen LogP contribution is -2.30. The molecule has 0 atom stereocenters. The van der Waals surface area contributed by atoms with Gasteiger partial charge in [-0.1, -0.05) is 53.6 Å². The average molecular weight is 462 g/mol. The monoisotopic (exact) mass is 461 g/mol. The number of urea groups is 1. The summed E-state index contributed by atoms with van der Waals surface area (Å²) in [5, 5.41) is 5.59. The van der Waals surface area contributed by atoms with Crippen molar-refractivity contribution in [3.63, 3.8) is 0 Å². The third kappa shape index (κ3) is 5.22. The van der Waals surface area contributed by atoms with E-state index in [1.54, 1.807) is 48.5 Å². The summed E-state index contributed by atoms with van der Waals surface area (Å²) in [5.74, 6) is -0.456. The summed E-state index contributed by atoms with van der Waals surface area (Å²) in [5.41, 5.74) is 2.98. The molecule has 1 saturated heterocycles. The molecular weight excluding hydrogens is 442 g/mol. The molecule has 0 unspecified atom stereocenters. The van der Waals surface area contributed by atoms with Crippen LogP contribution in [-0.2, 0) is 9.59 Å². The van der Waals surface area contributed by atoms with Gasteiger partial charge in [0.05, 0.1) is 10.7 Å². The number of hydrogen-bond donors (Lipinski definition) is 2. The van der Waals surface area contributed by atoms with E-state index in [2.05, 4.69) is 10.6 Å². The number of carbonyl (C=O) groups excluding carboxylic acids is 3. The summed E-state index contributed by atoms with van der Waals surface area (Å²) in [4.78, 5) is 38.2. The Labute approximate surface area is 195 Å². The largest absolute Gasteiger partial charge is 0.482 e. The van der Waals surface area contributed by atoms with Crippen LogP contribution in [0.3, 0.4) is 0 Å². The molecule has 8 heteroatoms. The maximum atomic E-state index is 12.7. The molecule has 1 heterocycles. The van der Waals surface area contributed by atoms with Crippen molar-refractivity contribution in [2.75, 3.05) is 16.8 Å². The minimum Gasteiger partial charge on any atom is -0.482 e. The molecule has 3 aromatic carbocycles. The van der Waals surface area contributed by atoms with Crippen molar-refractivity contribution in [3.8, 4) is 5.75 Å². The number of benzene rings is 3. The van der Waals surface area contributed by atoms with Gasteiger partial charge in [0.1, 0.15) is 11.4 Å². The SMILES string of the molecule is Cc1ccc(NC(=O)COc2ccc(/C=C3/NC(=O)N(c4ccccc4)C3=O)cc2Cl)cc1. The molecule has 1 fully saturated rings. The molecule has 0 spiro atoms. The molecular formula is C25H20ClN3O4. The highest BCUT2D eigenvalue weighted by atomic mass is 35.5. The lowest BCUT2D eigenvalue weighted by Gasteiger charge is -2.11. The van der Waals surface area contributed by atoms with Crippen LogP contribution in [0.4, 0.5) is 16.2 Å². The molecule has 0 radical (unpaired) electrons. The number of carbonyl (C=O) groups is 3. The standard InChI is InChI=1S/C25H20ClN3O4/c1-16-7-10-18(11-8-16)27-23(30)15-33-22-12-9-17(13-20(22)26)14-21-24(31)29(25(32)28-21)19-5-3-2-4-6-19/h2-14H,15H2,1H3,(H,27,30)(H,28,32)/b21-14+. The van der Waals surface area contributed by atoms with Gasteiger partial charge in [0.2, 0.25) is 0 Å². The Balaban J connectivity index is 1.40. The highest BCUT2D eigenvalue weighted by Crippen LogP contribution is 2.28. The molecule has 0 bridgehead atoms. The van der Waals surface area contributed by atoms with Gasteiger partial charge in [-0.05, 0) is 55.0 Å². The van der Waals surface area contributed by atoms with Crippen molar-refractivity contribution in [2.45, 2.75) is 6.92 Å². The van der Waals surface area contributed by atoms with Crippen LogP contribution in [0.1, 0.15) is 11.1 Å². The first-order chi connectivity index (χ1) is 15.9. The van der Waals surface area contributed by atoms with E-state index in [0.29, 0.717) is 22.7 Å². The maximum absolute atomic E-state index is 12.7. The zero-order valence-electron chi connectivity index (χ0n) is 17.7. The molecule has 166 valence electrons. The van der Waals surface area contributed by atoms with Gasteiger partial charge < -0.3 is 15.4 Å². The van der Waals surface area contributed by atoms with Crippen LogP contribution < -0.4 is 20.3 Å². The van der Waals surface area contributed by atoms with Crippen molar-refractivity contribution >= 4 is 46.9 Å². The molecule has 33 heavy (non-hydrogen) atoms. The van der Waals surface area contributed by atoms with Crippen LogP contribution >= 0.6 is 11.6 Å². The van der Waals surface area contributed by atoms with Crippen LogP contribution in [0.15, 0.2) is 78.5 Å². The molecule has 2 N–H and O–H groups in total. The van der Waals surface area contributed by atoms with Gasteiger partial charge in [-0.2, -0.15) is 0 Å². The zero-order valence-corrected chi connectivity index (χ0v) is 18.4. The van der Waals surface area contributed by atoms with Gasteiger partial charge in [-0.3, -0.25) is 9.59 Å². The predicted octanol–water partition coefficient (Wildman–Crippen LogP) is 4.76. The Kier molecular flexibility index (Phi) is 6.42. The number of hydrogen-bond acceptors (Lipinski definition) is 4. The summed E-state index contributed by atoms with van der Waals surface area (Å²) in [6.45, 7) is 1.75. The number of para-hydroxylation sites is 1. The number of imide groups is 1. The average Bonchev–Trinajstić information content (AvgIpc) is 3.08. The first-order valence-corrected chi connectivity index (χ1v) is 10.5. The van der Waals surface area contributed by atoms with Crippen molar-refractivity contribution < 1.29 is 19.1 Å². The quantitative estimate of drug-likeness (QED) is 0.409. The fourth-order valence-corrected chi connectivity index (χ4v) is 3.46. The molecule has 7 nitrogen and oxygen atoms in total. The second-order valence-corrected chi connectivity index (χ2v) is 7.76. The fourth-order valence-electron chi connectivity index (χ4n) is 3.21. The summed E-state index contributed by atoms with van der Waals surface area (Å²) in [6, 6.07) is 20.4. The van der Waals surface area contributed by atoms with Crippen LogP contribution in [-0.4, -0.2) is 24.5 Å². The zero-order chi connectivity index (χ0) is 23.4. The Morgan fingerprint density at radius 2 is 1.79 bits per heavy atom. The smallest absolute Gasteiger partial charge is 0.333 e. The van der Waals surface area contributed by atoms with E-state index < -0.39 is 11.9 Å². The third-order valence-corrected chi connectivity index (χ3v) is 5.15.